The van der Waals surface area contributed by atoms with Crippen LogP contribution in [0.2, 0.25) is 0 Å². The fourth-order valence-electron chi connectivity index (χ4n) is 2.01. The van der Waals surface area contributed by atoms with E-state index >= 15 is 0 Å². The maximum absolute atomic E-state index is 11.0. The highest BCUT2D eigenvalue weighted by atomic mass is 32.2. The molecule has 0 heterocycles. The normalized spacial score (nSPS) is 10.3. The zero-order valence-electron chi connectivity index (χ0n) is 11.4. The SMILES string of the molecule is CNc1c(CSc2cccc(C)c2)cccc1[N+](=O)[O-]. The second-order valence-corrected chi connectivity index (χ2v) is 5.47. The first-order valence-electron chi connectivity index (χ1n) is 6.25. The zero-order valence-corrected chi connectivity index (χ0v) is 12.2. The summed E-state index contributed by atoms with van der Waals surface area (Å²) in [7, 11) is 1.71. The average molecular weight is 288 g/mol. The molecule has 0 radical (unpaired) electrons. The van der Waals surface area contributed by atoms with E-state index in [0.29, 0.717) is 11.4 Å². The topological polar surface area (TPSA) is 55.2 Å². The molecule has 0 fully saturated rings. The number of para-hydroxylation sites is 1. The predicted octanol–water partition coefficient (Wildman–Crippen LogP) is 4.24. The molecule has 2 aromatic rings. The van der Waals surface area contributed by atoms with Crippen molar-refractivity contribution in [1.29, 1.82) is 0 Å². The maximum atomic E-state index is 11.0. The van der Waals surface area contributed by atoms with E-state index in [2.05, 4.69) is 24.4 Å². The molecule has 0 unspecified atom stereocenters. The van der Waals surface area contributed by atoms with Crippen molar-refractivity contribution in [3.05, 3.63) is 63.7 Å². The highest BCUT2D eigenvalue weighted by Gasteiger charge is 2.15. The van der Waals surface area contributed by atoms with Gasteiger partial charge in [-0.1, -0.05) is 29.8 Å². The third-order valence-corrected chi connectivity index (χ3v) is 4.00. The van der Waals surface area contributed by atoms with Gasteiger partial charge in [-0.05, 0) is 24.6 Å². The van der Waals surface area contributed by atoms with Crippen LogP contribution in [-0.4, -0.2) is 12.0 Å². The van der Waals surface area contributed by atoms with Gasteiger partial charge in [-0.2, -0.15) is 0 Å². The summed E-state index contributed by atoms with van der Waals surface area (Å²) in [4.78, 5) is 11.8. The van der Waals surface area contributed by atoms with Crippen LogP contribution >= 0.6 is 11.8 Å². The first-order chi connectivity index (χ1) is 9.61. The first-order valence-corrected chi connectivity index (χ1v) is 7.24. The van der Waals surface area contributed by atoms with Crippen molar-refractivity contribution in [2.24, 2.45) is 0 Å². The smallest absolute Gasteiger partial charge is 0.292 e. The summed E-state index contributed by atoms with van der Waals surface area (Å²) < 4.78 is 0. The molecule has 1 N–H and O–H groups in total. The average Bonchev–Trinajstić information content (AvgIpc) is 2.44. The van der Waals surface area contributed by atoms with E-state index in [0.717, 1.165) is 5.56 Å². The Morgan fingerprint density at radius 1 is 1.25 bits per heavy atom. The van der Waals surface area contributed by atoms with Crippen molar-refractivity contribution >= 4 is 23.1 Å². The number of anilines is 1. The van der Waals surface area contributed by atoms with E-state index in [1.165, 1.54) is 16.5 Å². The van der Waals surface area contributed by atoms with Gasteiger partial charge in [0.25, 0.3) is 5.69 Å². The third-order valence-electron chi connectivity index (χ3n) is 2.96. The summed E-state index contributed by atoms with van der Waals surface area (Å²) in [6.45, 7) is 2.05. The number of nitrogens with one attached hydrogen (secondary N) is 1. The molecule has 0 aromatic heterocycles. The van der Waals surface area contributed by atoms with Gasteiger partial charge in [0.1, 0.15) is 5.69 Å². The zero-order chi connectivity index (χ0) is 14.5. The molecule has 0 aliphatic rings. The standard InChI is InChI=1S/C15H16N2O2S/c1-11-5-3-7-13(9-11)20-10-12-6-4-8-14(17(18)19)15(12)16-2/h3-9,16H,10H2,1-2H3. The van der Waals surface area contributed by atoms with Crippen molar-refractivity contribution in [2.75, 3.05) is 12.4 Å². The van der Waals surface area contributed by atoms with E-state index in [9.17, 15) is 10.1 Å². The molecule has 104 valence electrons. The highest BCUT2D eigenvalue weighted by molar-refractivity contribution is 7.98. The van der Waals surface area contributed by atoms with Gasteiger partial charge in [0.05, 0.1) is 4.92 Å². The number of nitrogens with zero attached hydrogens (tertiary/aromatic N) is 1. The number of aryl methyl sites for hydroxylation is 1. The minimum Gasteiger partial charge on any atom is -0.382 e. The number of rotatable bonds is 5. The van der Waals surface area contributed by atoms with Gasteiger partial charge >= 0.3 is 0 Å². The van der Waals surface area contributed by atoms with E-state index in [1.807, 2.05) is 18.2 Å². The Bertz CT molecular complexity index is 629. The predicted molar refractivity (Wildman–Crippen MR) is 83.4 cm³/mol. The fourth-order valence-corrected chi connectivity index (χ4v) is 3.02. The number of hydrogen-bond acceptors (Lipinski definition) is 4. The second-order valence-electron chi connectivity index (χ2n) is 4.42. The van der Waals surface area contributed by atoms with Crippen LogP contribution in [0.15, 0.2) is 47.4 Å². The lowest BCUT2D eigenvalue weighted by molar-refractivity contribution is -0.384. The molecule has 0 saturated carbocycles. The van der Waals surface area contributed by atoms with Crippen LogP contribution in [0, 0.1) is 17.0 Å². The highest BCUT2D eigenvalue weighted by Crippen LogP contribution is 2.32. The molecule has 20 heavy (non-hydrogen) atoms. The van der Waals surface area contributed by atoms with Gasteiger partial charge in [0, 0.05) is 23.8 Å². The summed E-state index contributed by atoms with van der Waals surface area (Å²) in [5.74, 6) is 0.696. The molecule has 0 spiro atoms. The Balaban J connectivity index is 2.21. The number of benzene rings is 2. The molecule has 4 nitrogen and oxygen atoms in total. The van der Waals surface area contributed by atoms with E-state index in [4.69, 9.17) is 0 Å². The van der Waals surface area contributed by atoms with Crippen LogP contribution in [0.1, 0.15) is 11.1 Å². The Hall–Kier alpha value is -2.01. The molecule has 0 aliphatic heterocycles. The molecule has 0 saturated heterocycles. The number of nitro groups is 1. The van der Waals surface area contributed by atoms with Gasteiger partial charge < -0.3 is 5.32 Å². The van der Waals surface area contributed by atoms with E-state index < -0.39 is 0 Å². The molecule has 2 aromatic carbocycles. The lowest BCUT2D eigenvalue weighted by Crippen LogP contribution is -2.00. The van der Waals surface area contributed by atoms with Crippen LogP contribution in [0.4, 0.5) is 11.4 Å². The Morgan fingerprint density at radius 3 is 2.65 bits per heavy atom. The van der Waals surface area contributed by atoms with E-state index in [1.54, 1.807) is 24.9 Å². The van der Waals surface area contributed by atoms with Crippen LogP contribution in [-0.2, 0) is 5.75 Å². The molecular formula is C15H16N2O2S. The van der Waals surface area contributed by atoms with Gasteiger partial charge in [0.15, 0.2) is 0 Å². The quantitative estimate of drug-likeness (QED) is 0.508. The molecule has 0 amide bonds. The van der Waals surface area contributed by atoms with E-state index in [-0.39, 0.29) is 10.6 Å². The van der Waals surface area contributed by atoms with Gasteiger partial charge in [-0.15, -0.1) is 11.8 Å². The molecular weight excluding hydrogens is 272 g/mol. The van der Waals surface area contributed by atoms with Crippen molar-refractivity contribution in [3.8, 4) is 0 Å². The Morgan fingerprint density at radius 2 is 2.00 bits per heavy atom. The minimum absolute atomic E-state index is 0.120. The fraction of sp³-hybridized carbons (Fsp3) is 0.200. The van der Waals surface area contributed by atoms with Crippen LogP contribution in [0.5, 0.6) is 0 Å². The monoisotopic (exact) mass is 288 g/mol. The summed E-state index contributed by atoms with van der Waals surface area (Å²) >= 11 is 1.68. The molecule has 0 aliphatic carbocycles. The van der Waals surface area contributed by atoms with Crippen LogP contribution < -0.4 is 5.32 Å². The summed E-state index contributed by atoms with van der Waals surface area (Å²) in [5, 5.41) is 13.9. The van der Waals surface area contributed by atoms with Crippen molar-refractivity contribution in [1.82, 2.24) is 0 Å². The lowest BCUT2D eigenvalue weighted by Gasteiger charge is -2.09. The molecule has 0 atom stereocenters. The summed E-state index contributed by atoms with van der Waals surface area (Å²) in [5.41, 5.74) is 2.86. The first kappa shape index (κ1) is 14.4. The lowest BCUT2D eigenvalue weighted by atomic mass is 10.1. The van der Waals surface area contributed by atoms with Crippen molar-refractivity contribution < 1.29 is 4.92 Å². The number of thioether (sulfide) groups is 1. The van der Waals surface area contributed by atoms with Crippen molar-refractivity contribution in [2.45, 2.75) is 17.6 Å². The largest absolute Gasteiger partial charge is 0.382 e. The van der Waals surface area contributed by atoms with Crippen molar-refractivity contribution in [3.63, 3.8) is 0 Å². The molecule has 0 bridgehead atoms. The second kappa shape index (κ2) is 6.43. The van der Waals surface area contributed by atoms with Gasteiger partial charge in [-0.3, -0.25) is 10.1 Å². The van der Waals surface area contributed by atoms with Crippen LogP contribution in [0.25, 0.3) is 0 Å². The molecule has 2 rings (SSSR count). The Kier molecular flexibility index (Phi) is 4.63. The number of nitro benzene ring substituents is 1. The summed E-state index contributed by atoms with van der Waals surface area (Å²) in [6, 6.07) is 13.4. The maximum Gasteiger partial charge on any atom is 0.292 e. The third kappa shape index (κ3) is 3.30. The van der Waals surface area contributed by atoms with Gasteiger partial charge in [0.2, 0.25) is 0 Å². The van der Waals surface area contributed by atoms with Crippen LogP contribution in [0.3, 0.4) is 0 Å². The number of hydrogen-bond donors (Lipinski definition) is 1. The Labute approximate surface area is 122 Å². The van der Waals surface area contributed by atoms with Gasteiger partial charge in [-0.25, -0.2) is 0 Å². The summed E-state index contributed by atoms with van der Waals surface area (Å²) in [6.07, 6.45) is 0. The minimum atomic E-state index is -0.354. The molecule has 5 heteroatoms.